The number of benzene rings is 1. The Kier molecular flexibility index (Phi) is 6.43. The number of rotatable bonds is 2. The van der Waals surface area contributed by atoms with Crippen molar-refractivity contribution in [2.24, 2.45) is 0 Å². The Hall–Kier alpha value is -3.66. The average molecular weight is 531 g/mol. The van der Waals surface area contributed by atoms with Crippen LogP contribution < -0.4 is 5.32 Å². The van der Waals surface area contributed by atoms with Crippen molar-refractivity contribution < 1.29 is 23.1 Å². The molecule has 1 amide bonds. The molecular formula is C24H18BrF3N4O2. The lowest BCUT2D eigenvalue weighted by Gasteiger charge is -2.11. The lowest BCUT2D eigenvalue weighted by atomic mass is 10.1. The average Bonchev–Trinajstić information content (AvgIpc) is 3.16. The van der Waals surface area contributed by atoms with E-state index in [9.17, 15) is 18.0 Å². The van der Waals surface area contributed by atoms with Gasteiger partial charge in [0.25, 0.3) is 5.91 Å². The molecule has 174 valence electrons. The summed E-state index contributed by atoms with van der Waals surface area (Å²) in [5, 5.41) is 11.5. The van der Waals surface area contributed by atoms with Crippen LogP contribution in [0.4, 0.5) is 13.2 Å². The summed E-state index contributed by atoms with van der Waals surface area (Å²) >= 11 is 3.60. The zero-order valence-corrected chi connectivity index (χ0v) is 19.2. The number of carbonyl (C=O) groups is 1. The van der Waals surface area contributed by atoms with Crippen molar-refractivity contribution in [3.05, 3.63) is 82.9 Å². The van der Waals surface area contributed by atoms with E-state index in [2.05, 4.69) is 48.8 Å². The van der Waals surface area contributed by atoms with E-state index in [1.54, 1.807) is 6.20 Å². The van der Waals surface area contributed by atoms with E-state index in [0.29, 0.717) is 12.1 Å². The van der Waals surface area contributed by atoms with Crippen molar-refractivity contribution in [2.75, 3.05) is 6.54 Å². The Balaban J connectivity index is 0.000000344. The van der Waals surface area contributed by atoms with Gasteiger partial charge in [-0.3, -0.25) is 14.8 Å². The third-order valence-corrected chi connectivity index (χ3v) is 5.96. The first kappa shape index (κ1) is 23.5. The second-order valence-corrected chi connectivity index (χ2v) is 8.26. The van der Waals surface area contributed by atoms with Gasteiger partial charge in [0, 0.05) is 47.6 Å². The van der Waals surface area contributed by atoms with Crippen molar-refractivity contribution in [1.29, 1.82) is 0 Å². The molecule has 0 bridgehead atoms. The van der Waals surface area contributed by atoms with E-state index in [1.165, 1.54) is 0 Å². The predicted molar refractivity (Wildman–Crippen MR) is 126 cm³/mol. The van der Waals surface area contributed by atoms with Crippen molar-refractivity contribution in [3.8, 4) is 22.5 Å². The van der Waals surface area contributed by atoms with Gasteiger partial charge in [0.2, 0.25) is 0 Å². The largest absolute Gasteiger partial charge is 0.505 e. The molecule has 5 rings (SSSR count). The number of alkyl halides is 3. The highest BCUT2D eigenvalue weighted by Crippen LogP contribution is 2.35. The zero-order chi connectivity index (χ0) is 24.5. The van der Waals surface area contributed by atoms with Crippen LogP contribution in [0.5, 0.6) is 0 Å². The number of nitrogens with zero attached hydrogens (tertiary/aromatic N) is 2. The highest BCUT2D eigenvalue weighted by atomic mass is 79.9. The Labute approximate surface area is 200 Å². The SMILES string of the molecule is C=C(O)C(F)(F)F.O=C1NCCc2[nH]c(-c3ccnc(-c4cnc5ccccc5c4)c3)c(Br)c21. The predicted octanol–water partition coefficient (Wildman–Crippen LogP) is 5.96. The number of halogens is 4. The van der Waals surface area contributed by atoms with Crippen LogP contribution in [0.1, 0.15) is 16.1 Å². The van der Waals surface area contributed by atoms with Crippen LogP contribution in [0.3, 0.4) is 0 Å². The van der Waals surface area contributed by atoms with Crippen molar-refractivity contribution >= 4 is 32.7 Å². The molecule has 10 heteroatoms. The second kappa shape index (κ2) is 9.30. The first-order valence-corrected chi connectivity index (χ1v) is 10.9. The molecule has 0 fully saturated rings. The maximum atomic E-state index is 12.2. The molecule has 0 spiro atoms. The number of allylic oxidation sites excluding steroid dienone is 1. The lowest BCUT2D eigenvalue weighted by Crippen LogP contribution is -2.31. The van der Waals surface area contributed by atoms with E-state index in [-0.39, 0.29) is 5.91 Å². The molecule has 1 aliphatic rings. The van der Waals surface area contributed by atoms with Gasteiger partial charge in [0.1, 0.15) is 0 Å². The Morgan fingerprint density at radius 2 is 1.85 bits per heavy atom. The minimum absolute atomic E-state index is 0.0429. The van der Waals surface area contributed by atoms with Gasteiger partial charge in [0.05, 0.1) is 26.9 Å². The number of para-hydroxylation sites is 1. The number of aromatic nitrogens is 3. The van der Waals surface area contributed by atoms with Crippen LogP contribution in [0.2, 0.25) is 0 Å². The van der Waals surface area contributed by atoms with Crippen LogP contribution in [0, 0.1) is 0 Å². The van der Waals surface area contributed by atoms with Crippen LogP contribution in [0.25, 0.3) is 33.4 Å². The summed E-state index contributed by atoms with van der Waals surface area (Å²) in [5.74, 6) is -1.80. The smallest absolute Gasteiger partial charge is 0.448 e. The number of nitrogens with one attached hydrogen (secondary N) is 2. The molecule has 4 aromatic rings. The summed E-state index contributed by atoms with van der Waals surface area (Å²) in [6.07, 6.45) is -0.213. The highest BCUT2D eigenvalue weighted by molar-refractivity contribution is 9.10. The van der Waals surface area contributed by atoms with Gasteiger partial charge in [0.15, 0.2) is 5.76 Å². The van der Waals surface area contributed by atoms with Gasteiger partial charge in [-0.1, -0.05) is 24.8 Å². The number of hydrogen-bond donors (Lipinski definition) is 3. The van der Waals surface area contributed by atoms with E-state index in [4.69, 9.17) is 5.11 Å². The fraction of sp³-hybridized carbons (Fsp3) is 0.125. The number of carbonyl (C=O) groups excluding carboxylic acids is 1. The van der Waals surface area contributed by atoms with Gasteiger partial charge in [-0.2, -0.15) is 13.2 Å². The Bertz CT molecular complexity index is 1400. The minimum Gasteiger partial charge on any atom is -0.505 e. The summed E-state index contributed by atoms with van der Waals surface area (Å²) in [7, 11) is 0. The summed E-state index contributed by atoms with van der Waals surface area (Å²) in [6.45, 7) is 2.91. The fourth-order valence-electron chi connectivity index (χ4n) is 3.49. The van der Waals surface area contributed by atoms with Gasteiger partial charge in [-0.15, -0.1) is 0 Å². The van der Waals surface area contributed by atoms with Gasteiger partial charge in [-0.25, -0.2) is 0 Å². The van der Waals surface area contributed by atoms with Crippen LogP contribution >= 0.6 is 15.9 Å². The van der Waals surface area contributed by atoms with Gasteiger partial charge in [-0.05, 0) is 40.2 Å². The molecule has 0 radical (unpaired) electrons. The molecule has 4 heterocycles. The number of H-pyrrole nitrogens is 1. The first-order chi connectivity index (χ1) is 16.1. The molecule has 3 N–H and O–H groups in total. The zero-order valence-electron chi connectivity index (χ0n) is 17.6. The summed E-state index contributed by atoms with van der Waals surface area (Å²) < 4.78 is 33.3. The summed E-state index contributed by atoms with van der Waals surface area (Å²) in [6, 6.07) is 14.1. The van der Waals surface area contributed by atoms with Gasteiger partial charge < -0.3 is 15.4 Å². The molecular weight excluding hydrogens is 513 g/mol. The molecule has 3 aromatic heterocycles. The summed E-state index contributed by atoms with van der Waals surface area (Å²) in [4.78, 5) is 24.6. The number of aromatic amines is 1. The van der Waals surface area contributed by atoms with Gasteiger partial charge >= 0.3 is 6.18 Å². The topological polar surface area (TPSA) is 90.9 Å². The number of aliphatic hydroxyl groups excluding tert-OH is 1. The third-order valence-electron chi connectivity index (χ3n) is 5.17. The maximum Gasteiger partial charge on any atom is 0.448 e. The van der Waals surface area contributed by atoms with Crippen molar-refractivity contribution in [3.63, 3.8) is 0 Å². The number of amides is 1. The number of fused-ring (bicyclic) bond motifs is 2. The first-order valence-electron chi connectivity index (χ1n) is 10.1. The normalized spacial score (nSPS) is 13.0. The number of aliphatic hydroxyl groups is 1. The third kappa shape index (κ3) is 4.81. The quantitative estimate of drug-likeness (QED) is 0.279. The molecule has 0 saturated heterocycles. The van der Waals surface area contributed by atoms with Crippen LogP contribution in [0.15, 0.2) is 71.7 Å². The minimum atomic E-state index is -4.64. The molecule has 1 aliphatic heterocycles. The molecule has 0 aliphatic carbocycles. The maximum absolute atomic E-state index is 12.2. The Morgan fingerprint density at radius 3 is 2.56 bits per heavy atom. The molecule has 1 aromatic carbocycles. The van der Waals surface area contributed by atoms with E-state index >= 15 is 0 Å². The van der Waals surface area contributed by atoms with Crippen molar-refractivity contribution in [2.45, 2.75) is 12.6 Å². The standard InChI is InChI=1S/C21H15BrN4O.C3H3F3O/c22-19-18-16(6-8-24-21(18)27)26-20(19)13-5-7-23-17(10-13)14-9-12-3-1-2-4-15(12)25-11-14;1-2(7)3(4,5)6/h1-5,7,9-11,26H,6,8H2,(H,24,27);7H,1H2. The highest BCUT2D eigenvalue weighted by Gasteiger charge is 2.31. The lowest BCUT2D eigenvalue weighted by molar-refractivity contribution is -0.119. The molecule has 0 unspecified atom stereocenters. The molecule has 0 saturated carbocycles. The second-order valence-electron chi connectivity index (χ2n) is 7.46. The van der Waals surface area contributed by atoms with E-state index in [0.717, 1.165) is 50.0 Å². The molecule has 0 atom stereocenters. The van der Waals surface area contributed by atoms with Crippen LogP contribution in [-0.4, -0.2) is 38.7 Å². The fourth-order valence-corrected chi connectivity index (χ4v) is 4.24. The summed E-state index contributed by atoms with van der Waals surface area (Å²) in [5.41, 5.74) is 6.30. The Morgan fingerprint density at radius 1 is 1.12 bits per heavy atom. The molecule has 6 nitrogen and oxygen atoms in total. The number of hydrogen-bond acceptors (Lipinski definition) is 4. The molecule has 34 heavy (non-hydrogen) atoms. The van der Waals surface area contributed by atoms with Crippen LogP contribution in [-0.2, 0) is 6.42 Å². The number of pyridine rings is 2. The monoisotopic (exact) mass is 530 g/mol. The van der Waals surface area contributed by atoms with E-state index in [1.807, 2.05) is 42.6 Å². The van der Waals surface area contributed by atoms with Crippen molar-refractivity contribution in [1.82, 2.24) is 20.3 Å². The van der Waals surface area contributed by atoms with E-state index < -0.39 is 11.9 Å².